The molecule has 23 heavy (non-hydrogen) atoms. The van der Waals surface area contributed by atoms with E-state index in [1.54, 1.807) is 0 Å². The van der Waals surface area contributed by atoms with Crippen molar-refractivity contribution in [1.29, 1.82) is 0 Å². The van der Waals surface area contributed by atoms with Crippen LogP contribution >= 0.6 is 12.6 Å². The summed E-state index contributed by atoms with van der Waals surface area (Å²) in [7, 11) is 0. The molecule has 1 aliphatic carbocycles. The van der Waals surface area contributed by atoms with E-state index >= 15 is 0 Å². The number of imidazole rings is 1. The smallest absolute Gasteiger partial charge is 0.109 e. The molecule has 1 fully saturated rings. The average molecular weight is 333 g/mol. The highest BCUT2D eigenvalue weighted by Gasteiger charge is 2.39. The van der Waals surface area contributed by atoms with Gasteiger partial charge in [-0.25, -0.2) is 4.98 Å². The van der Waals surface area contributed by atoms with Crippen molar-refractivity contribution in [1.82, 2.24) is 9.55 Å². The summed E-state index contributed by atoms with van der Waals surface area (Å²) in [6.07, 6.45) is 8.78. The maximum Gasteiger partial charge on any atom is 0.109 e. The van der Waals surface area contributed by atoms with Gasteiger partial charge in [-0.2, -0.15) is 0 Å². The summed E-state index contributed by atoms with van der Waals surface area (Å²) < 4.78 is 2.47. The standard InChI is InChI=1S/C20H32N2S/c1-8-16-17(10-14(3)23)22(18(9-2)21-16)15-11-19(4,5)13-20(6,7)12-15/h8,10,15,23H,3,9,11-13H2,1-2,4-7H3/b16-8+,17-10+. The molecule has 1 aromatic rings. The number of thiol groups is 1. The third-order valence-electron chi connectivity index (χ3n) is 4.84. The fourth-order valence-electron chi connectivity index (χ4n) is 4.65. The fourth-order valence-corrected chi connectivity index (χ4v) is 4.78. The second-order valence-corrected chi connectivity index (χ2v) is 9.09. The minimum Gasteiger partial charge on any atom is -0.325 e. The minimum absolute atomic E-state index is 0.354. The number of hydrogen-bond donors (Lipinski definition) is 1. The normalized spacial score (nSPS) is 22.6. The Bertz CT molecular complexity index is 691. The predicted molar refractivity (Wildman–Crippen MR) is 104 cm³/mol. The van der Waals surface area contributed by atoms with E-state index in [1.807, 2.05) is 0 Å². The van der Waals surface area contributed by atoms with Crippen LogP contribution in [0.25, 0.3) is 12.2 Å². The van der Waals surface area contributed by atoms with E-state index in [0.717, 1.165) is 16.7 Å². The van der Waals surface area contributed by atoms with Gasteiger partial charge in [-0.15, -0.1) is 12.6 Å². The van der Waals surface area contributed by atoms with E-state index < -0.39 is 0 Å². The Labute approximate surface area is 146 Å². The molecule has 1 aromatic heterocycles. The number of nitrogens with zero attached hydrogens (tertiary/aromatic N) is 2. The third kappa shape index (κ3) is 4.12. The molecule has 0 spiro atoms. The van der Waals surface area contributed by atoms with Crippen LogP contribution in [-0.2, 0) is 6.42 Å². The maximum absolute atomic E-state index is 4.87. The highest BCUT2D eigenvalue weighted by atomic mass is 32.1. The zero-order valence-corrected chi connectivity index (χ0v) is 16.5. The van der Waals surface area contributed by atoms with E-state index in [2.05, 4.69) is 77.5 Å². The van der Waals surface area contributed by atoms with Gasteiger partial charge in [0.2, 0.25) is 0 Å². The molecule has 0 radical (unpaired) electrons. The van der Waals surface area contributed by atoms with E-state index in [4.69, 9.17) is 4.98 Å². The lowest BCUT2D eigenvalue weighted by molar-refractivity contribution is 0.0701. The SMILES string of the molecule is C=C(S)/C=c1\c(=C/C)nc(CC)n1C1CC(C)(C)CC(C)(C)C1. The summed E-state index contributed by atoms with van der Waals surface area (Å²) >= 11 is 4.41. The van der Waals surface area contributed by atoms with Crippen LogP contribution in [-0.4, -0.2) is 9.55 Å². The second-order valence-electron chi connectivity index (χ2n) is 8.51. The lowest BCUT2D eigenvalue weighted by Crippen LogP contribution is -2.40. The van der Waals surface area contributed by atoms with Gasteiger partial charge in [-0.1, -0.05) is 47.3 Å². The molecule has 1 heterocycles. The van der Waals surface area contributed by atoms with Crippen LogP contribution in [0, 0.1) is 10.8 Å². The molecule has 0 aromatic carbocycles. The second kappa shape index (κ2) is 6.51. The summed E-state index contributed by atoms with van der Waals surface area (Å²) in [5.74, 6) is 1.18. The molecule has 0 unspecified atom stereocenters. The van der Waals surface area contributed by atoms with E-state index in [0.29, 0.717) is 16.9 Å². The van der Waals surface area contributed by atoms with Gasteiger partial charge < -0.3 is 4.57 Å². The Balaban J connectivity index is 2.67. The topological polar surface area (TPSA) is 17.8 Å². The van der Waals surface area contributed by atoms with Crippen molar-refractivity contribution < 1.29 is 0 Å². The van der Waals surface area contributed by atoms with Crippen LogP contribution in [0.2, 0.25) is 0 Å². The molecule has 2 nitrogen and oxygen atoms in total. The summed E-state index contributed by atoms with van der Waals surface area (Å²) in [5, 5.41) is 2.22. The lowest BCUT2D eigenvalue weighted by Gasteiger charge is -2.45. The Kier molecular flexibility index (Phi) is 5.20. The molecule has 0 bridgehead atoms. The summed E-state index contributed by atoms with van der Waals surface area (Å²) in [6.45, 7) is 17.8. The molecule has 1 saturated carbocycles. The van der Waals surface area contributed by atoms with Crippen molar-refractivity contribution in [2.24, 2.45) is 10.8 Å². The number of rotatable bonds is 3. The van der Waals surface area contributed by atoms with Crippen molar-refractivity contribution in [3.63, 3.8) is 0 Å². The third-order valence-corrected chi connectivity index (χ3v) is 4.97. The molecule has 0 saturated heterocycles. The number of aryl methyl sites for hydroxylation is 1. The number of hydrogen-bond acceptors (Lipinski definition) is 2. The fraction of sp³-hybridized carbons (Fsp3) is 0.650. The van der Waals surface area contributed by atoms with Gasteiger partial charge in [-0.05, 0) is 48.0 Å². The van der Waals surface area contributed by atoms with Crippen molar-refractivity contribution in [2.45, 2.75) is 73.3 Å². The summed E-state index contributed by atoms with van der Waals surface area (Å²) in [5.41, 5.74) is 0.708. The van der Waals surface area contributed by atoms with Gasteiger partial charge in [0.25, 0.3) is 0 Å². The Morgan fingerprint density at radius 3 is 2.30 bits per heavy atom. The molecule has 0 aliphatic heterocycles. The Hall–Kier alpha value is -0.960. The van der Waals surface area contributed by atoms with E-state index in [-0.39, 0.29) is 0 Å². The van der Waals surface area contributed by atoms with Crippen LogP contribution in [0.5, 0.6) is 0 Å². The highest BCUT2D eigenvalue weighted by Crippen LogP contribution is 2.49. The first-order chi connectivity index (χ1) is 10.6. The Morgan fingerprint density at radius 1 is 1.30 bits per heavy atom. The van der Waals surface area contributed by atoms with Crippen molar-refractivity contribution in [3.05, 3.63) is 28.0 Å². The summed E-state index contributed by atoms with van der Waals surface area (Å²) in [4.78, 5) is 5.66. The minimum atomic E-state index is 0.354. The van der Waals surface area contributed by atoms with Crippen LogP contribution in [0.3, 0.4) is 0 Å². The Morgan fingerprint density at radius 2 is 1.87 bits per heavy atom. The molecule has 0 amide bonds. The zero-order valence-electron chi connectivity index (χ0n) is 15.6. The summed E-state index contributed by atoms with van der Waals surface area (Å²) in [6, 6.07) is 0.490. The van der Waals surface area contributed by atoms with Crippen LogP contribution in [0.1, 0.15) is 72.7 Å². The molecule has 3 heteroatoms. The first kappa shape index (κ1) is 18.4. The number of aromatic nitrogens is 2. The monoisotopic (exact) mass is 332 g/mol. The van der Waals surface area contributed by atoms with Crippen molar-refractivity contribution >= 4 is 24.8 Å². The van der Waals surface area contributed by atoms with E-state index in [9.17, 15) is 0 Å². The maximum atomic E-state index is 4.87. The van der Waals surface area contributed by atoms with E-state index in [1.165, 1.54) is 30.4 Å². The van der Waals surface area contributed by atoms with Gasteiger partial charge in [0.15, 0.2) is 0 Å². The first-order valence-corrected chi connectivity index (χ1v) is 9.16. The molecule has 1 aliphatic rings. The molecular weight excluding hydrogens is 300 g/mol. The van der Waals surface area contributed by atoms with Gasteiger partial charge >= 0.3 is 0 Å². The molecule has 128 valence electrons. The molecular formula is C20H32N2S. The van der Waals surface area contributed by atoms with Crippen molar-refractivity contribution in [3.8, 4) is 0 Å². The van der Waals surface area contributed by atoms with Gasteiger partial charge in [-0.3, -0.25) is 0 Å². The largest absolute Gasteiger partial charge is 0.325 e. The first-order valence-electron chi connectivity index (χ1n) is 8.71. The van der Waals surface area contributed by atoms with Crippen molar-refractivity contribution in [2.75, 3.05) is 0 Å². The quantitative estimate of drug-likeness (QED) is 0.819. The van der Waals surface area contributed by atoms with Crippen LogP contribution < -0.4 is 10.7 Å². The molecule has 2 rings (SSSR count). The molecule has 0 atom stereocenters. The van der Waals surface area contributed by atoms with Crippen LogP contribution in [0.15, 0.2) is 11.5 Å². The zero-order chi connectivity index (χ0) is 17.4. The van der Waals surface area contributed by atoms with Gasteiger partial charge in [0.1, 0.15) is 5.82 Å². The van der Waals surface area contributed by atoms with Gasteiger partial charge in [0, 0.05) is 12.5 Å². The number of allylic oxidation sites excluding steroid dienone is 1. The predicted octanol–water partition coefficient (Wildman–Crippen LogP) is 4.25. The van der Waals surface area contributed by atoms with Gasteiger partial charge in [0.05, 0.1) is 10.7 Å². The lowest BCUT2D eigenvalue weighted by atomic mass is 9.63. The highest BCUT2D eigenvalue weighted by molar-refractivity contribution is 7.85. The molecule has 0 N–H and O–H groups in total. The average Bonchev–Trinajstić information content (AvgIpc) is 2.72. The van der Waals surface area contributed by atoms with Crippen LogP contribution in [0.4, 0.5) is 0 Å².